The van der Waals surface area contributed by atoms with Crippen LogP contribution in [0.5, 0.6) is 0 Å². The van der Waals surface area contributed by atoms with Crippen LogP contribution in [0.4, 0.5) is 0 Å². The second-order valence-corrected chi connectivity index (χ2v) is 3.76. The molecule has 0 fully saturated rings. The van der Waals surface area contributed by atoms with Crippen LogP contribution in [0, 0.1) is 5.92 Å². The van der Waals surface area contributed by atoms with E-state index in [1.54, 1.807) is 0 Å². The molecule has 4 unspecified atom stereocenters. The summed E-state index contributed by atoms with van der Waals surface area (Å²) in [5.74, 6) is 0.0517. The molecule has 5 nitrogen and oxygen atoms in total. The molecule has 0 radical (unpaired) electrons. The third kappa shape index (κ3) is 3.51. The Morgan fingerprint density at radius 2 is 1.71 bits per heavy atom. The number of ether oxygens (including phenoxy) is 1. The van der Waals surface area contributed by atoms with Crippen molar-refractivity contribution in [2.24, 2.45) is 11.7 Å². The average molecular weight is 207 g/mol. The summed E-state index contributed by atoms with van der Waals surface area (Å²) in [6, 6.07) is -0.533. The summed E-state index contributed by atoms with van der Waals surface area (Å²) < 4.78 is 4.80. The zero-order valence-electron chi connectivity index (χ0n) is 8.92. The maximum Gasteiger partial charge on any atom is 0.110 e. The van der Waals surface area contributed by atoms with Gasteiger partial charge in [0.25, 0.3) is 0 Å². The van der Waals surface area contributed by atoms with Gasteiger partial charge in [-0.1, -0.05) is 13.8 Å². The van der Waals surface area contributed by atoms with Crippen LogP contribution >= 0.6 is 0 Å². The first-order valence-corrected chi connectivity index (χ1v) is 4.71. The number of nitrogens with two attached hydrogens (primary N) is 1. The third-order valence-corrected chi connectivity index (χ3v) is 2.38. The molecule has 0 amide bonds. The number of hydrogen-bond acceptors (Lipinski definition) is 5. The molecule has 0 aliphatic heterocycles. The van der Waals surface area contributed by atoms with Crippen LogP contribution in [0.15, 0.2) is 0 Å². The SMILES string of the molecule is COC(CO)C(O)C(O)C(N)C(C)C. The summed E-state index contributed by atoms with van der Waals surface area (Å²) in [7, 11) is 1.36. The Balaban J connectivity index is 4.28. The van der Waals surface area contributed by atoms with E-state index in [4.69, 9.17) is 15.6 Å². The number of rotatable bonds is 6. The predicted molar refractivity (Wildman–Crippen MR) is 52.7 cm³/mol. The van der Waals surface area contributed by atoms with Gasteiger partial charge >= 0.3 is 0 Å². The van der Waals surface area contributed by atoms with Gasteiger partial charge in [0.1, 0.15) is 12.2 Å². The quantitative estimate of drug-likeness (QED) is 0.434. The van der Waals surface area contributed by atoms with Gasteiger partial charge < -0.3 is 25.8 Å². The van der Waals surface area contributed by atoms with Crippen LogP contribution in [-0.2, 0) is 4.74 Å². The van der Waals surface area contributed by atoms with Gasteiger partial charge in [-0.3, -0.25) is 0 Å². The van der Waals surface area contributed by atoms with Gasteiger partial charge in [0.2, 0.25) is 0 Å². The van der Waals surface area contributed by atoms with Crippen molar-refractivity contribution < 1.29 is 20.1 Å². The van der Waals surface area contributed by atoms with E-state index in [-0.39, 0.29) is 12.5 Å². The molecule has 0 aromatic rings. The second-order valence-electron chi connectivity index (χ2n) is 3.76. The van der Waals surface area contributed by atoms with Crippen molar-refractivity contribution in [3.8, 4) is 0 Å². The van der Waals surface area contributed by atoms with Crippen molar-refractivity contribution in [2.45, 2.75) is 38.2 Å². The summed E-state index contributed by atoms with van der Waals surface area (Å²) >= 11 is 0. The van der Waals surface area contributed by atoms with Crippen molar-refractivity contribution in [1.29, 1.82) is 0 Å². The highest BCUT2D eigenvalue weighted by Crippen LogP contribution is 2.11. The lowest BCUT2D eigenvalue weighted by Gasteiger charge is -2.30. The monoisotopic (exact) mass is 207 g/mol. The Bertz CT molecular complexity index is 144. The molecule has 14 heavy (non-hydrogen) atoms. The normalized spacial score (nSPS) is 20.6. The number of hydrogen-bond donors (Lipinski definition) is 4. The molecule has 0 saturated carbocycles. The largest absolute Gasteiger partial charge is 0.394 e. The Morgan fingerprint density at radius 1 is 1.21 bits per heavy atom. The maximum atomic E-state index is 9.62. The zero-order valence-corrected chi connectivity index (χ0v) is 8.92. The van der Waals surface area contributed by atoms with E-state index in [0.717, 1.165) is 0 Å². The van der Waals surface area contributed by atoms with Crippen molar-refractivity contribution in [1.82, 2.24) is 0 Å². The van der Waals surface area contributed by atoms with Crippen molar-refractivity contribution in [3.63, 3.8) is 0 Å². The molecule has 0 spiro atoms. The van der Waals surface area contributed by atoms with E-state index in [0.29, 0.717) is 0 Å². The first-order valence-electron chi connectivity index (χ1n) is 4.71. The lowest BCUT2D eigenvalue weighted by molar-refractivity contribution is -0.102. The first kappa shape index (κ1) is 13.8. The van der Waals surface area contributed by atoms with Crippen LogP contribution in [0.1, 0.15) is 13.8 Å². The van der Waals surface area contributed by atoms with E-state index < -0.39 is 24.4 Å². The molecule has 0 rings (SSSR count). The zero-order chi connectivity index (χ0) is 11.3. The minimum absolute atomic E-state index is 0.0517. The fraction of sp³-hybridized carbons (Fsp3) is 1.00. The van der Waals surface area contributed by atoms with E-state index in [1.165, 1.54) is 7.11 Å². The van der Waals surface area contributed by atoms with Crippen LogP contribution < -0.4 is 5.73 Å². The average Bonchev–Trinajstić information content (AvgIpc) is 2.17. The molecule has 0 aliphatic carbocycles. The van der Waals surface area contributed by atoms with Crippen molar-refractivity contribution in [3.05, 3.63) is 0 Å². The summed E-state index contributed by atoms with van der Waals surface area (Å²) in [6.07, 6.45) is -3.05. The van der Waals surface area contributed by atoms with Crippen LogP contribution in [0.25, 0.3) is 0 Å². The lowest BCUT2D eigenvalue weighted by atomic mass is 9.93. The molecule has 86 valence electrons. The Labute approximate surface area is 84.5 Å². The molecule has 0 aromatic heterocycles. The summed E-state index contributed by atoms with van der Waals surface area (Å²) in [5, 5.41) is 28.0. The summed E-state index contributed by atoms with van der Waals surface area (Å²) in [6.45, 7) is 3.35. The Morgan fingerprint density at radius 3 is 2.00 bits per heavy atom. The highest BCUT2D eigenvalue weighted by atomic mass is 16.5. The molecule has 0 heterocycles. The highest BCUT2D eigenvalue weighted by Gasteiger charge is 2.31. The van der Waals surface area contributed by atoms with Gasteiger partial charge in [-0.05, 0) is 5.92 Å². The molecule has 5 heteroatoms. The molecule has 5 N–H and O–H groups in total. The third-order valence-electron chi connectivity index (χ3n) is 2.38. The van der Waals surface area contributed by atoms with E-state index >= 15 is 0 Å². The molecule has 4 atom stereocenters. The topological polar surface area (TPSA) is 95.9 Å². The fourth-order valence-electron chi connectivity index (χ4n) is 1.16. The van der Waals surface area contributed by atoms with Gasteiger partial charge in [-0.2, -0.15) is 0 Å². The standard InChI is InChI=1S/C9H21NO4/c1-5(2)7(10)9(13)8(12)6(4-11)14-3/h5-9,11-13H,4,10H2,1-3H3. The first-order chi connectivity index (χ1) is 6.45. The molecular weight excluding hydrogens is 186 g/mol. The Kier molecular flexibility index (Phi) is 6.22. The van der Waals surface area contributed by atoms with Gasteiger partial charge in [0.05, 0.1) is 12.7 Å². The van der Waals surface area contributed by atoms with E-state index in [2.05, 4.69) is 0 Å². The highest BCUT2D eigenvalue weighted by molar-refractivity contribution is 4.85. The molecular formula is C9H21NO4. The second kappa shape index (κ2) is 6.31. The summed E-state index contributed by atoms with van der Waals surface area (Å²) in [4.78, 5) is 0. The maximum absolute atomic E-state index is 9.62. The van der Waals surface area contributed by atoms with E-state index in [9.17, 15) is 10.2 Å². The van der Waals surface area contributed by atoms with Gasteiger partial charge in [0, 0.05) is 13.2 Å². The molecule has 0 aliphatic rings. The number of aliphatic hydroxyl groups excluding tert-OH is 3. The van der Waals surface area contributed by atoms with Crippen LogP contribution in [0.3, 0.4) is 0 Å². The van der Waals surface area contributed by atoms with Crippen molar-refractivity contribution in [2.75, 3.05) is 13.7 Å². The number of methoxy groups -OCH3 is 1. The molecule has 0 bridgehead atoms. The van der Waals surface area contributed by atoms with E-state index in [1.807, 2.05) is 13.8 Å². The predicted octanol–water partition coefficient (Wildman–Crippen LogP) is -1.30. The van der Waals surface area contributed by atoms with Crippen LogP contribution in [0.2, 0.25) is 0 Å². The molecule has 0 aromatic carbocycles. The smallest absolute Gasteiger partial charge is 0.110 e. The van der Waals surface area contributed by atoms with Crippen molar-refractivity contribution >= 4 is 0 Å². The van der Waals surface area contributed by atoms with Crippen LogP contribution in [-0.4, -0.2) is 53.4 Å². The molecule has 0 saturated heterocycles. The number of aliphatic hydroxyl groups is 3. The fourth-order valence-corrected chi connectivity index (χ4v) is 1.16. The lowest BCUT2D eigenvalue weighted by Crippen LogP contribution is -2.51. The minimum atomic E-state index is -1.16. The van der Waals surface area contributed by atoms with Gasteiger partial charge in [-0.15, -0.1) is 0 Å². The van der Waals surface area contributed by atoms with Gasteiger partial charge in [0.15, 0.2) is 0 Å². The van der Waals surface area contributed by atoms with Gasteiger partial charge in [-0.25, -0.2) is 0 Å². The summed E-state index contributed by atoms with van der Waals surface area (Å²) in [5.41, 5.74) is 5.66. The minimum Gasteiger partial charge on any atom is -0.394 e. The Hall–Kier alpha value is -0.200.